The van der Waals surface area contributed by atoms with Crippen molar-refractivity contribution in [2.24, 2.45) is 5.73 Å². The zero-order chi connectivity index (χ0) is 15.1. The first-order valence-electron chi connectivity index (χ1n) is 6.29. The molecule has 0 unspecified atom stereocenters. The Morgan fingerprint density at radius 1 is 1.29 bits per heavy atom. The molecule has 1 rings (SSSR count). The summed E-state index contributed by atoms with van der Waals surface area (Å²) in [5.74, 6) is -0.103. The number of nitrogens with two attached hydrogens (primary N) is 2. The second kappa shape index (κ2) is 9.46. The molecule has 0 aliphatic rings. The van der Waals surface area contributed by atoms with E-state index >= 15 is 0 Å². The van der Waals surface area contributed by atoms with Crippen molar-refractivity contribution in [3.63, 3.8) is 0 Å². The summed E-state index contributed by atoms with van der Waals surface area (Å²) in [5, 5.41) is 5.26. The van der Waals surface area contributed by atoms with E-state index in [2.05, 4.69) is 26.6 Å². The average molecular weight is 380 g/mol. The van der Waals surface area contributed by atoms with Crippen molar-refractivity contribution in [2.75, 3.05) is 17.6 Å². The van der Waals surface area contributed by atoms with Crippen molar-refractivity contribution in [1.82, 2.24) is 5.32 Å². The highest BCUT2D eigenvalue weighted by Gasteiger charge is 2.08. The Morgan fingerprint density at radius 3 is 2.57 bits per heavy atom. The van der Waals surface area contributed by atoms with Gasteiger partial charge in [0.15, 0.2) is 0 Å². The number of primary amides is 1. The van der Waals surface area contributed by atoms with Gasteiger partial charge in [-0.15, -0.1) is 12.4 Å². The molecule has 1 aromatic rings. The predicted octanol–water partition coefficient (Wildman–Crippen LogP) is 2.54. The lowest BCUT2D eigenvalue weighted by molar-refractivity contribution is -0.116. The molecule has 1 aromatic carbocycles. The molecule has 0 aliphatic carbocycles. The summed E-state index contributed by atoms with van der Waals surface area (Å²) >= 11 is 3.36. The molecule has 0 radical (unpaired) electrons. The molecule has 0 atom stereocenters. The molecule has 8 heteroatoms. The van der Waals surface area contributed by atoms with E-state index in [4.69, 9.17) is 11.5 Å². The number of amides is 3. The number of unbranched alkanes of at least 4 members (excludes halogenated alkanes) is 1. The zero-order valence-electron chi connectivity index (χ0n) is 11.7. The van der Waals surface area contributed by atoms with E-state index in [0.717, 1.165) is 10.0 Å². The Labute approximate surface area is 138 Å². The van der Waals surface area contributed by atoms with Crippen molar-refractivity contribution in [1.29, 1.82) is 0 Å². The van der Waals surface area contributed by atoms with Crippen LogP contribution in [0, 0.1) is 6.92 Å². The number of carbonyl (C=O) groups excluding carboxylic acids is 2. The molecule has 0 saturated carbocycles. The van der Waals surface area contributed by atoms with E-state index in [1.54, 1.807) is 6.07 Å². The molecule has 6 nitrogen and oxygen atoms in total. The topological polar surface area (TPSA) is 110 Å². The number of urea groups is 1. The van der Waals surface area contributed by atoms with Gasteiger partial charge in [0.1, 0.15) is 0 Å². The molecule has 118 valence electrons. The molecule has 0 heterocycles. The summed E-state index contributed by atoms with van der Waals surface area (Å²) in [6.45, 7) is 2.35. The number of benzene rings is 1. The third-order valence-corrected chi connectivity index (χ3v) is 3.21. The number of nitrogen functional groups attached to an aromatic ring is 1. The molecule has 21 heavy (non-hydrogen) atoms. The maximum atomic E-state index is 11.8. The Bertz CT molecular complexity index is 511. The van der Waals surface area contributed by atoms with Gasteiger partial charge in [-0.1, -0.05) is 15.9 Å². The molecule has 0 aliphatic heterocycles. The number of rotatable bonds is 6. The van der Waals surface area contributed by atoms with Crippen molar-refractivity contribution >= 4 is 51.7 Å². The molecule has 0 bridgehead atoms. The standard InChI is InChI=1S/C13H19BrN4O2.ClH/c1-8-6-9(14)7-10(12(8)15)18-11(19)4-2-3-5-17-13(16)20;/h6-7H,2-5,15H2,1H3,(H,18,19)(H3,16,17,20);1H. The minimum Gasteiger partial charge on any atom is -0.397 e. The SMILES string of the molecule is Cc1cc(Br)cc(NC(=O)CCCCNC(N)=O)c1N.Cl. The van der Waals surface area contributed by atoms with Crippen LogP contribution in [0.25, 0.3) is 0 Å². The summed E-state index contributed by atoms with van der Waals surface area (Å²) < 4.78 is 0.866. The predicted molar refractivity (Wildman–Crippen MR) is 90.6 cm³/mol. The molecule has 3 amide bonds. The fourth-order valence-corrected chi connectivity index (χ4v) is 2.26. The minimum absolute atomic E-state index is 0. The zero-order valence-corrected chi connectivity index (χ0v) is 14.1. The number of anilines is 2. The van der Waals surface area contributed by atoms with Crippen molar-refractivity contribution in [3.05, 3.63) is 22.2 Å². The second-order valence-corrected chi connectivity index (χ2v) is 5.40. The van der Waals surface area contributed by atoms with Crippen molar-refractivity contribution < 1.29 is 9.59 Å². The quantitative estimate of drug-likeness (QED) is 0.450. The van der Waals surface area contributed by atoms with Gasteiger partial charge in [0.2, 0.25) is 5.91 Å². The molecular weight excluding hydrogens is 360 g/mol. The van der Waals surface area contributed by atoms with Gasteiger partial charge in [0.05, 0.1) is 11.4 Å². The van der Waals surface area contributed by atoms with Crippen molar-refractivity contribution in [3.8, 4) is 0 Å². The lowest BCUT2D eigenvalue weighted by atomic mass is 10.1. The highest BCUT2D eigenvalue weighted by atomic mass is 79.9. The number of carbonyl (C=O) groups is 2. The van der Waals surface area contributed by atoms with Crippen LogP contribution in [0.1, 0.15) is 24.8 Å². The van der Waals surface area contributed by atoms with E-state index < -0.39 is 6.03 Å². The van der Waals surface area contributed by atoms with E-state index in [1.807, 2.05) is 13.0 Å². The fraction of sp³-hybridized carbons (Fsp3) is 0.385. The van der Waals surface area contributed by atoms with Gasteiger partial charge in [0, 0.05) is 17.4 Å². The molecule has 0 saturated heterocycles. The monoisotopic (exact) mass is 378 g/mol. The Morgan fingerprint density at radius 2 is 1.95 bits per heavy atom. The molecule has 0 fully saturated rings. The molecule has 0 spiro atoms. The molecule has 6 N–H and O–H groups in total. The highest BCUT2D eigenvalue weighted by molar-refractivity contribution is 9.10. The number of aryl methyl sites for hydroxylation is 1. The summed E-state index contributed by atoms with van der Waals surface area (Å²) in [7, 11) is 0. The van der Waals surface area contributed by atoms with Gasteiger partial charge in [0.25, 0.3) is 0 Å². The van der Waals surface area contributed by atoms with E-state index in [0.29, 0.717) is 37.2 Å². The normalized spacial score (nSPS) is 9.62. The fourth-order valence-electron chi connectivity index (χ4n) is 1.69. The van der Waals surface area contributed by atoms with Gasteiger partial charge >= 0.3 is 6.03 Å². The van der Waals surface area contributed by atoms with E-state index in [-0.39, 0.29) is 18.3 Å². The van der Waals surface area contributed by atoms with E-state index in [9.17, 15) is 9.59 Å². The lowest BCUT2D eigenvalue weighted by Crippen LogP contribution is -2.30. The van der Waals surface area contributed by atoms with Crippen LogP contribution in [-0.2, 0) is 4.79 Å². The first-order chi connectivity index (χ1) is 9.40. The van der Waals surface area contributed by atoms with Gasteiger partial charge in [-0.25, -0.2) is 4.79 Å². The summed E-state index contributed by atoms with van der Waals surface area (Å²) in [4.78, 5) is 22.2. The number of nitrogens with one attached hydrogen (secondary N) is 2. The first-order valence-corrected chi connectivity index (χ1v) is 7.08. The Kier molecular flexibility index (Phi) is 8.80. The van der Waals surface area contributed by atoms with Gasteiger partial charge in [-0.2, -0.15) is 0 Å². The van der Waals surface area contributed by atoms with E-state index in [1.165, 1.54) is 0 Å². The third-order valence-electron chi connectivity index (χ3n) is 2.76. The van der Waals surface area contributed by atoms with Gasteiger partial charge in [-0.05, 0) is 37.5 Å². The van der Waals surface area contributed by atoms with Crippen LogP contribution in [0.3, 0.4) is 0 Å². The second-order valence-electron chi connectivity index (χ2n) is 4.48. The largest absolute Gasteiger partial charge is 0.397 e. The van der Waals surface area contributed by atoms with Crippen molar-refractivity contribution in [2.45, 2.75) is 26.2 Å². The highest BCUT2D eigenvalue weighted by Crippen LogP contribution is 2.27. The van der Waals surface area contributed by atoms with Crippen LogP contribution in [0.5, 0.6) is 0 Å². The third kappa shape index (κ3) is 7.19. The van der Waals surface area contributed by atoms with Crippen LogP contribution in [0.15, 0.2) is 16.6 Å². The number of halogens is 2. The smallest absolute Gasteiger partial charge is 0.312 e. The van der Waals surface area contributed by atoms with Crippen LogP contribution in [0.2, 0.25) is 0 Å². The summed E-state index contributed by atoms with van der Waals surface area (Å²) in [6.07, 6.45) is 1.73. The summed E-state index contributed by atoms with van der Waals surface area (Å²) in [6, 6.07) is 3.11. The number of hydrogen-bond acceptors (Lipinski definition) is 3. The van der Waals surface area contributed by atoms with Gasteiger partial charge < -0.3 is 22.1 Å². The van der Waals surface area contributed by atoms with Crippen LogP contribution in [0.4, 0.5) is 16.2 Å². The maximum Gasteiger partial charge on any atom is 0.312 e. The minimum atomic E-state index is -0.549. The molecule has 0 aromatic heterocycles. The summed E-state index contributed by atoms with van der Waals surface area (Å²) in [5.41, 5.74) is 12.9. The lowest BCUT2D eigenvalue weighted by Gasteiger charge is -2.11. The van der Waals surface area contributed by atoms with Crippen LogP contribution >= 0.6 is 28.3 Å². The van der Waals surface area contributed by atoms with Crippen LogP contribution < -0.4 is 22.1 Å². The molecular formula is C13H20BrClN4O2. The Hall–Kier alpha value is -1.47. The van der Waals surface area contributed by atoms with Crippen LogP contribution in [-0.4, -0.2) is 18.5 Å². The Balaban J connectivity index is 0.00000400. The first kappa shape index (κ1) is 19.5. The maximum absolute atomic E-state index is 11.8. The number of hydrogen-bond donors (Lipinski definition) is 4. The van der Waals surface area contributed by atoms with Gasteiger partial charge in [-0.3, -0.25) is 4.79 Å². The average Bonchev–Trinajstić information content (AvgIpc) is 2.34.